The monoisotopic (exact) mass is 395 g/mol. The van der Waals surface area contributed by atoms with Gasteiger partial charge in [0.25, 0.3) is 5.91 Å². The summed E-state index contributed by atoms with van der Waals surface area (Å²) in [5.41, 5.74) is 4.69. The lowest BCUT2D eigenvalue weighted by Gasteiger charge is -2.22. The first kappa shape index (κ1) is 19.8. The van der Waals surface area contributed by atoms with Crippen LogP contribution in [0.25, 0.3) is 5.69 Å². The van der Waals surface area contributed by atoms with Crippen LogP contribution in [0, 0.1) is 27.7 Å². The van der Waals surface area contributed by atoms with Crippen molar-refractivity contribution in [3.05, 3.63) is 86.0 Å². The van der Waals surface area contributed by atoms with Gasteiger partial charge in [-0.15, -0.1) is 0 Å². The number of aromatic nitrogens is 2. The number of para-hydroxylation sites is 1. The van der Waals surface area contributed by atoms with Crippen molar-refractivity contribution >= 4 is 23.2 Å². The number of anilines is 1. The molecule has 0 aliphatic heterocycles. The maximum absolute atomic E-state index is 13.1. The largest absolute Gasteiger partial charge is 0.352 e. The third-order valence-electron chi connectivity index (χ3n) is 4.75. The summed E-state index contributed by atoms with van der Waals surface area (Å²) in [5.74, 6) is -0.180. The molecule has 1 aromatic heterocycles. The molecule has 0 aliphatic carbocycles. The normalized spacial score (nSPS) is 10.8. The molecule has 3 aromatic rings. The Bertz CT molecular complexity index is 1110. The Labute approximate surface area is 169 Å². The molecule has 0 aliphatic rings. The Balaban J connectivity index is 2.10. The fourth-order valence-electron chi connectivity index (χ4n) is 3.49. The standard InChI is InChI=1S/C22H22ClN3O2/c1-13-7-6-8-14(2)20(13)25(5)21(27)17-9-10-18(23)19(12-17)26-16(4)11-15(3)24-22(26)28/h6-12H,1-5H3. The number of hydrogen-bond donors (Lipinski definition) is 0. The SMILES string of the molecule is Cc1cc(C)n(-c2cc(C(=O)N(C)c3c(C)cccc3C)ccc2Cl)c(=O)n1. The van der Waals surface area contributed by atoms with Gasteiger partial charge in [-0.25, -0.2) is 4.79 Å². The van der Waals surface area contributed by atoms with Crippen molar-refractivity contribution in [1.82, 2.24) is 9.55 Å². The van der Waals surface area contributed by atoms with Crippen molar-refractivity contribution in [3.63, 3.8) is 0 Å². The van der Waals surface area contributed by atoms with Crippen molar-refractivity contribution in [2.24, 2.45) is 0 Å². The molecule has 0 bridgehead atoms. The summed E-state index contributed by atoms with van der Waals surface area (Å²) in [5, 5.41) is 0.377. The minimum absolute atomic E-state index is 0.180. The van der Waals surface area contributed by atoms with E-state index in [4.69, 9.17) is 11.6 Å². The van der Waals surface area contributed by atoms with Crippen LogP contribution >= 0.6 is 11.6 Å². The van der Waals surface area contributed by atoms with Gasteiger partial charge in [-0.05, 0) is 63.1 Å². The molecule has 0 saturated heterocycles. The number of benzene rings is 2. The average molecular weight is 396 g/mol. The van der Waals surface area contributed by atoms with Crippen molar-refractivity contribution in [1.29, 1.82) is 0 Å². The predicted octanol–water partition coefficient (Wildman–Crippen LogP) is 4.40. The zero-order chi connectivity index (χ0) is 20.6. The lowest BCUT2D eigenvalue weighted by atomic mass is 10.1. The van der Waals surface area contributed by atoms with Crippen LogP contribution in [0.1, 0.15) is 32.9 Å². The zero-order valence-corrected chi connectivity index (χ0v) is 17.3. The van der Waals surface area contributed by atoms with Crippen molar-refractivity contribution in [3.8, 4) is 5.69 Å². The highest BCUT2D eigenvalue weighted by Gasteiger charge is 2.19. The second-order valence-corrected chi connectivity index (χ2v) is 7.33. The van der Waals surface area contributed by atoms with Gasteiger partial charge in [0.1, 0.15) is 0 Å². The highest BCUT2D eigenvalue weighted by Crippen LogP contribution is 2.27. The molecule has 6 heteroatoms. The minimum atomic E-state index is -0.424. The van der Waals surface area contributed by atoms with Gasteiger partial charge in [-0.3, -0.25) is 9.36 Å². The Morgan fingerprint density at radius 2 is 1.68 bits per heavy atom. The van der Waals surface area contributed by atoms with Crippen LogP contribution in [-0.4, -0.2) is 22.5 Å². The lowest BCUT2D eigenvalue weighted by Crippen LogP contribution is -2.28. The quantitative estimate of drug-likeness (QED) is 0.660. The van der Waals surface area contributed by atoms with E-state index in [1.807, 2.05) is 39.0 Å². The summed E-state index contributed by atoms with van der Waals surface area (Å²) in [7, 11) is 1.75. The molecule has 2 aromatic carbocycles. The van der Waals surface area contributed by atoms with Crippen molar-refractivity contribution in [2.45, 2.75) is 27.7 Å². The Kier molecular flexibility index (Phi) is 5.38. The number of hydrogen-bond acceptors (Lipinski definition) is 3. The Morgan fingerprint density at radius 1 is 1.04 bits per heavy atom. The molecule has 0 fully saturated rings. The summed E-state index contributed by atoms with van der Waals surface area (Å²) in [6.45, 7) is 7.52. The molecule has 0 radical (unpaired) electrons. The first-order valence-electron chi connectivity index (χ1n) is 8.92. The van der Waals surface area contributed by atoms with E-state index < -0.39 is 5.69 Å². The van der Waals surface area contributed by atoms with E-state index in [9.17, 15) is 9.59 Å². The average Bonchev–Trinajstić information content (AvgIpc) is 2.61. The number of carbonyl (C=O) groups excluding carboxylic acids is 1. The van der Waals surface area contributed by atoms with Crippen LogP contribution in [0.15, 0.2) is 47.3 Å². The van der Waals surface area contributed by atoms with Gasteiger partial charge >= 0.3 is 5.69 Å². The fourth-order valence-corrected chi connectivity index (χ4v) is 3.69. The van der Waals surface area contributed by atoms with Crippen molar-refractivity contribution < 1.29 is 4.79 Å². The summed E-state index contributed by atoms with van der Waals surface area (Å²) in [6, 6.07) is 12.6. The number of aryl methyl sites for hydroxylation is 4. The molecular weight excluding hydrogens is 374 g/mol. The van der Waals surface area contributed by atoms with Crippen LogP contribution in [0.5, 0.6) is 0 Å². The molecule has 0 spiro atoms. The van der Waals surface area contributed by atoms with Gasteiger partial charge in [-0.1, -0.05) is 29.8 Å². The summed E-state index contributed by atoms with van der Waals surface area (Å²) < 4.78 is 1.42. The molecule has 28 heavy (non-hydrogen) atoms. The molecular formula is C22H22ClN3O2. The summed E-state index contributed by atoms with van der Waals surface area (Å²) in [4.78, 5) is 31.2. The molecule has 0 saturated carbocycles. The van der Waals surface area contributed by atoms with E-state index in [2.05, 4.69) is 4.98 Å². The second-order valence-electron chi connectivity index (χ2n) is 6.93. The third kappa shape index (κ3) is 3.58. The lowest BCUT2D eigenvalue weighted by molar-refractivity contribution is 0.0992. The maximum atomic E-state index is 13.1. The number of nitrogens with zero attached hydrogens (tertiary/aromatic N) is 3. The van der Waals surface area contributed by atoms with Gasteiger partial charge < -0.3 is 4.90 Å². The number of carbonyl (C=O) groups is 1. The van der Waals surface area contributed by atoms with E-state index >= 15 is 0 Å². The van der Waals surface area contributed by atoms with Crippen LogP contribution in [0.3, 0.4) is 0 Å². The highest BCUT2D eigenvalue weighted by molar-refractivity contribution is 6.32. The zero-order valence-electron chi connectivity index (χ0n) is 16.6. The van der Waals surface area contributed by atoms with E-state index in [1.54, 1.807) is 43.1 Å². The van der Waals surface area contributed by atoms with Crippen LogP contribution < -0.4 is 10.6 Å². The van der Waals surface area contributed by atoms with E-state index in [-0.39, 0.29) is 5.91 Å². The van der Waals surface area contributed by atoms with E-state index in [0.717, 1.165) is 16.8 Å². The van der Waals surface area contributed by atoms with Crippen LogP contribution in [0.2, 0.25) is 5.02 Å². The van der Waals surface area contributed by atoms with Gasteiger partial charge in [0.2, 0.25) is 0 Å². The predicted molar refractivity (Wildman–Crippen MR) is 113 cm³/mol. The molecule has 144 valence electrons. The second kappa shape index (κ2) is 7.60. The number of rotatable bonds is 3. The smallest absolute Gasteiger partial charge is 0.311 e. The Morgan fingerprint density at radius 3 is 2.29 bits per heavy atom. The molecule has 0 atom stereocenters. The van der Waals surface area contributed by atoms with Crippen LogP contribution in [-0.2, 0) is 0 Å². The van der Waals surface area contributed by atoms with E-state index in [0.29, 0.717) is 27.7 Å². The Hall–Kier alpha value is -2.92. The third-order valence-corrected chi connectivity index (χ3v) is 5.07. The molecule has 5 nitrogen and oxygen atoms in total. The summed E-state index contributed by atoms with van der Waals surface area (Å²) >= 11 is 6.35. The number of amides is 1. The molecule has 1 amide bonds. The van der Waals surface area contributed by atoms with Gasteiger partial charge in [0.15, 0.2) is 0 Å². The molecule has 0 N–H and O–H groups in total. The fraction of sp³-hybridized carbons (Fsp3) is 0.227. The molecule has 3 rings (SSSR count). The first-order chi connectivity index (χ1) is 13.2. The van der Waals surface area contributed by atoms with Gasteiger partial charge in [-0.2, -0.15) is 4.98 Å². The first-order valence-corrected chi connectivity index (χ1v) is 9.30. The van der Waals surface area contributed by atoms with Crippen molar-refractivity contribution in [2.75, 3.05) is 11.9 Å². The number of halogens is 1. The van der Waals surface area contributed by atoms with E-state index in [1.165, 1.54) is 4.57 Å². The summed E-state index contributed by atoms with van der Waals surface area (Å²) in [6.07, 6.45) is 0. The maximum Gasteiger partial charge on any atom is 0.352 e. The van der Waals surface area contributed by atoms with Crippen LogP contribution in [0.4, 0.5) is 5.69 Å². The van der Waals surface area contributed by atoms with Gasteiger partial charge in [0, 0.05) is 29.7 Å². The highest BCUT2D eigenvalue weighted by atomic mass is 35.5. The topological polar surface area (TPSA) is 55.2 Å². The molecule has 1 heterocycles. The minimum Gasteiger partial charge on any atom is -0.311 e. The molecule has 0 unspecified atom stereocenters. The van der Waals surface area contributed by atoms with Gasteiger partial charge in [0.05, 0.1) is 10.7 Å².